The van der Waals surface area contributed by atoms with Gasteiger partial charge in [-0.15, -0.1) is 11.3 Å². The molecule has 0 spiro atoms. The number of thiophene rings is 1. The van der Waals surface area contributed by atoms with Gasteiger partial charge in [-0.25, -0.2) is 9.66 Å². The molecule has 0 saturated heterocycles. The molecule has 1 aliphatic rings. The fraction of sp³-hybridized carbons (Fsp3) is 0.316. The molecule has 0 saturated carbocycles. The smallest absolute Gasteiger partial charge is 0.267 e. The van der Waals surface area contributed by atoms with Crippen LogP contribution in [0.4, 0.5) is 0 Å². The van der Waals surface area contributed by atoms with Gasteiger partial charge in [-0.3, -0.25) is 15.0 Å². The fourth-order valence-electron chi connectivity index (χ4n) is 3.31. The van der Waals surface area contributed by atoms with Gasteiger partial charge in [0.15, 0.2) is 0 Å². The van der Waals surface area contributed by atoms with E-state index in [1.807, 2.05) is 19.1 Å². The molecule has 0 unspecified atom stereocenters. The molecule has 2 aromatic heterocycles. The Morgan fingerprint density at radius 2 is 1.88 bits per heavy atom. The molecule has 1 aromatic carbocycles. The maximum absolute atomic E-state index is 13.0. The zero-order valence-corrected chi connectivity index (χ0v) is 15.1. The van der Waals surface area contributed by atoms with Gasteiger partial charge in [-0.05, 0) is 57.2 Å². The summed E-state index contributed by atoms with van der Waals surface area (Å²) in [6.45, 7) is 3.71. The van der Waals surface area contributed by atoms with Gasteiger partial charge in [-0.2, -0.15) is 0 Å². The minimum absolute atomic E-state index is 0.178. The third-order valence-corrected chi connectivity index (χ3v) is 5.87. The van der Waals surface area contributed by atoms with Crippen molar-refractivity contribution in [3.05, 3.63) is 62.0 Å². The van der Waals surface area contributed by atoms with E-state index in [9.17, 15) is 9.59 Å². The molecule has 25 heavy (non-hydrogen) atoms. The van der Waals surface area contributed by atoms with Gasteiger partial charge in [0.05, 0.1) is 5.39 Å². The van der Waals surface area contributed by atoms with Crippen LogP contribution < -0.4 is 11.0 Å². The SMILES string of the molecule is Cc1ccc(C(=O)Nn2c(C)nc3sc4c(c3c2=O)CCCC4)cc1. The molecular weight excluding hydrogens is 334 g/mol. The number of fused-ring (bicyclic) bond motifs is 3. The Bertz CT molecular complexity index is 1030. The second-order valence-electron chi connectivity index (χ2n) is 6.50. The van der Waals surface area contributed by atoms with Crippen LogP contribution in [-0.2, 0) is 12.8 Å². The van der Waals surface area contributed by atoms with Gasteiger partial charge >= 0.3 is 0 Å². The summed E-state index contributed by atoms with van der Waals surface area (Å²) >= 11 is 1.62. The third kappa shape index (κ3) is 2.76. The summed E-state index contributed by atoms with van der Waals surface area (Å²) < 4.78 is 1.28. The molecule has 4 rings (SSSR count). The molecule has 0 radical (unpaired) electrons. The Morgan fingerprint density at radius 3 is 2.64 bits per heavy atom. The van der Waals surface area contributed by atoms with Crippen LogP contribution in [0, 0.1) is 13.8 Å². The van der Waals surface area contributed by atoms with Gasteiger partial charge in [0.1, 0.15) is 10.7 Å². The predicted octanol–water partition coefficient (Wildman–Crippen LogP) is 3.34. The maximum atomic E-state index is 13.0. The highest BCUT2D eigenvalue weighted by Gasteiger charge is 2.21. The highest BCUT2D eigenvalue weighted by molar-refractivity contribution is 7.18. The first-order chi connectivity index (χ1) is 12.0. The first-order valence-corrected chi connectivity index (χ1v) is 9.28. The van der Waals surface area contributed by atoms with Crippen molar-refractivity contribution in [3.8, 4) is 0 Å². The van der Waals surface area contributed by atoms with Crippen molar-refractivity contribution in [2.45, 2.75) is 39.5 Å². The minimum Gasteiger partial charge on any atom is -0.267 e. The second-order valence-corrected chi connectivity index (χ2v) is 7.58. The first-order valence-electron chi connectivity index (χ1n) is 8.46. The standard InChI is InChI=1S/C19H19N3O2S/c1-11-7-9-13(10-8-11)17(23)21-22-12(2)20-18-16(19(22)24)14-5-3-4-6-15(14)25-18/h7-10H,3-6H2,1-2H3,(H,21,23). The Hall–Kier alpha value is -2.47. The molecule has 0 aliphatic heterocycles. The van der Waals surface area contributed by atoms with Gasteiger partial charge < -0.3 is 0 Å². The normalized spacial score (nSPS) is 13.7. The van der Waals surface area contributed by atoms with Gasteiger partial charge in [-0.1, -0.05) is 17.7 Å². The van der Waals surface area contributed by atoms with Crippen molar-refractivity contribution >= 4 is 27.5 Å². The Morgan fingerprint density at radius 1 is 1.16 bits per heavy atom. The van der Waals surface area contributed by atoms with Crippen LogP contribution in [-0.4, -0.2) is 15.6 Å². The fourth-order valence-corrected chi connectivity index (χ4v) is 4.61. The van der Waals surface area contributed by atoms with Crippen molar-refractivity contribution in [2.24, 2.45) is 0 Å². The monoisotopic (exact) mass is 353 g/mol. The molecule has 6 heteroatoms. The number of nitrogens with zero attached hydrogens (tertiary/aromatic N) is 2. The Labute approximate surface area is 149 Å². The van der Waals surface area contributed by atoms with E-state index in [2.05, 4.69) is 10.4 Å². The Kier molecular flexibility index (Phi) is 3.92. The summed E-state index contributed by atoms with van der Waals surface area (Å²) in [7, 11) is 0. The van der Waals surface area contributed by atoms with Crippen molar-refractivity contribution < 1.29 is 4.79 Å². The lowest BCUT2D eigenvalue weighted by Gasteiger charge is -2.13. The van der Waals surface area contributed by atoms with Crippen molar-refractivity contribution in [2.75, 3.05) is 5.43 Å². The van der Waals surface area contributed by atoms with E-state index in [0.717, 1.165) is 41.6 Å². The number of hydrogen-bond acceptors (Lipinski definition) is 4. The summed E-state index contributed by atoms with van der Waals surface area (Å²) in [5.74, 6) is 0.187. The maximum Gasteiger partial charge on any atom is 0.281 e. The average molecular weight is 353 g/mol. The van der Waals surface area contributed by atoms with Crippen molar-refractivity contribution in [1.82, 2.24) is 9.66 Å². The lowest BCUT2D eigenvalue weighted by Crippen LogP contribution is -2.35. The van der Waals surface area contributed by atoms with Crippen LogP contribution in [0.5, 0.6) is 0 Å². The van der Waals surface area contributed by atoms with E-state index in [1.54, 1.807) is 30.4 Å². The Balaban J connectivity index is 1.78. The number of aromatic nitrogens is 2. The van der Waals surface area contributed by atoms with Crippen LogP contribution in [0.15, 0.2) is 29.1 Å². The molecule has 0 bridgehead atoms. The molecule has 1 aliphatic carbocycles. The third-order valence-electron chi connectivity index (χ3n) is 4.68. The van der Waals surface area contributed by atoms with Crippen LogP contribution >= 0.6 is 11.3 Å². The first kappa shape index (κ1) is 16.0. The molecule has 1 N–H and O–H groups in total. The number of amides is 1. The molecule has 0 atom stereocenters. The zero-order valence-electron chi connectivity index (χ0n) is 14.3. The number of carbonyl (C=O) groups excluding carboxylic acids is 1. The topological polar surface area (TPSA) is 64.0 Å². The quantitative estimate of drug-likeness (QED) is 0.768. The average Bonchev–Trinajstić information content (AvgIpc) is 2.97. The lowest BCUT2D eigenvalue weighted by molar-refractivity contribution is 0.101. The molecule has 128 valence electrons. The van der Waals surface area contributed by atoms with E-state index < -0.39 is 0 Å². The van der Waals surface area contributed by atoms with Crippen LogP contribution in [0.25, 0.3) is 10.2 Å². The van der Waals surface area contributed by atoms with Crippen molar-refractivity contribution in [3.63, 3.8) is 0 Å². The number of rotatable bonds is 2. The predicted molar refractivity (Wildman–Crippen MR) is 100 cm³/mol. The number of aryl methyl sites for hydroxylation is 4. The van der Waals surface area contributed by atoms with E-state index >= 15 is 0 Å². The van der Waals surface area contributed by atoms with Crippen LogP contribution in [0.2, 0.25) is 0 Å². The zero-order chi connectivity index (χ0) is 17.6. The number of hydrogen-bond donors (Lipinski definition) is 1. The molecule has 1 amide bonds. The van der Waals surface area contributed by atoms with Crippen molar-refractivity contribution in [1.29, 1.82) is 0 Å². The van der Waals surface area contributed by atoms with E-state index in [-0.39, 0.29) is 11.5 Å². The van der Waals surface area contributed by atoms with E-state index in [0.29, 0.717) is 16.8 Å². The highest BCUT2D eigenvalue weighted by atomic mass is 32.1. The summed E-state index contributed by atoms with van der Waals surface area (Å²) in [5.41, 5.74) is 5.26. The van der Waals surface area contributed by atoms with E-state index in [4.69, 9.17) is 0 Å². The molecule has 0 fully saturated rings. The largest absolute Gasteiger partial charge is 0.281 e. The molecule has 2 heterocycles. The summed E-state index contributed by atoms with van der Waals surface area (Å²) in [6.07, 6.45) is 4.20. The summed E-state index contributed by atoms with van der Waals surface area (Å²) in [5, 5.41) is 0.675. The van der Waals surface area contributed by atoms with E-state index in [1.165, 1.54) is 9.55 Å². The molecule has 5 nitrogen and oxygen atoms in total. The van der Waals surface area contributed by atoms with Gasteiger partial charge in [0.25, 0.3) is 11.5 Å². The van der Waals surface area contributed by atoms with Gasteiger partial charge in [0.2, 0.25) is 0 Å². The summed E-state index contributed by atoms with van der Waals surface area (Å²) in [6, 6.07) is 7.26. The lowest BCUT2D eigenvalue weighted by atomic mass is 9.97. The number of benzene rings is 1. The second kappa shape index (κ2) is 6.11. The molecule has 3 aromatic rings. The number of nitrogens with one attached hydrogen (secondary N) is 1. The van der Waals surface area contributed by atoms with Crippen LogP contribution in [0.1, 0.15) is 45.0 Å². The van der Waals surface area contributed by atoms with Gasteiger partial charge in [0, 0.05) is 10.4 Å². The minimum atomic E-state index is -0.310. The molecular formula is C19H19N3O2S. The summed E-state index contributed by atoms with van der Waals surface area (Å²) in [4.78, 5) is 32.1. The highest BCUT2D eigenvalue weighted by Crippen LogP contribution is 2.33. The van der Waals surface area contributed by atoms with Crippen LogP contribution in [0.3, 0.4) is 0 Å². The number of carbonyl (C=O) groups is 1.